The van der Waals surface area contributed by atoms with Gasteiger partial charge >= 0.3 is 6.09 Å². The van der Waals surface area contributed by atoms with Crippen molar-refractivity contribution in [3.05, 3.63) is 0 Å². The van der Waals surface area contributed by atoms with Gasteiger partial charge < -0.3 is 20.3 Å². The van der Waals surface area contributed by atoms with E-state index in [2.05, 4.69) is 17.6 Å². The maximum Gasteiger partial charge on any atom is 0.409 e. The van der Waals surface area contributed by atoms with Crippen molar-refractivity contribution < 1.29 is 19.1 Å². The first kappa shape index (κ1) is 21.5. The van der Waals surface area contributed by atoms with Crippen LogP contribution >= 0.6 is 0 Å². The molecule has 1 atom stereocenters. The smallest absolute Gasteiger partial charge is 0.409 e. The van der Waals surface area contributed by atoms with Gasteiger partial charge in [-0.25, -0.2) is 4.79 Å². The van der Waals surface area contributed by atoms with Gasteiger partial charge in [-0.05, 0) is 58.8 Å². The molecule has 27 heavy (non-hydrogen) atoms. The van der Waals surface area contributed by atoms with Crippen molar-refractivity contribution in [3.8, 4) is 0 Å². The molecule has 2 N–H and O–H groups in total. The van der Waals surface area contributed by atoms with Crippen LogP contribution in [0.3, 0.4) is 0 Å². The van der Waals surface area contributed by atoms with Crippen LogP contribution in [0.15, 0.2) is 0 Å². The number of hydrogen-bond acceptors (Lipinski definition) is 4. The lowest BCUT2D eigenvalue weighted by Gasteiger charge is -2.33. The summed E-state index contributed by atoms with van der Waals surface area (Å²) in [4.78, 5) is 38.2. The number of amides is 3. The standard InChI is InChI=1S/C20H35N3O4/c1-4-14(3)21-18(24)15-6-8-16(9-7-15)19(25)22-17-10-12-23(13-11-17)20(26)27-5-2/h14-17H,4-13H2,1-3H3,(H,21,24)(H,22,25). The second kappa shape index (κ2) is 10.5. The molecule has 3 amide bonds. The molecule has 1 saturated heterocycles. The maximum absolute atomic E-state index is 12.6. The molecule has 7 heteroatoms. The van der Waals surface area contributed by atoms with Crippen LogP contribution in [0.5, 0.6) is 0 Å². The molecule has 0 spiro atoms. The lowest BCUT2D eigenvalue weighted by molar-refractivity contribution is -0.131. The van der Waals surface area contributed by atoms with Crippen LogP contribution in [0, 0.1) is 11.8 Å². The number of rotatable bonds is 6. The number of ether oxygens (including phenoxy) is 1. The van der Waals surface area contributed by atoms with E-state index in [0.717, 1.165) is 44.9 Å². The fraction of sp³-hybridized carbons (Fsp3) is 0.850. The van der Waals surface area contributed by atoms with Gasteiger partial charge in [-0.15, -0.1) is 0 Å². The van der Waals surface area contributed by atoms with Gasteiger partial charge in [-0.1, -0.05) is 6.92 Å². The van der Waals surface area contributed by atoms with Crippen molar-refractivity contribution in [2.75, 3.05) is 19.7 Å². The highest BCUT2D eigenvalue weighted by atomic mass is 16.6. The summed E-state index contributed by atoms with van der Waals surface area (Å²) in [5.41, 5.74) is 0. The maximum atomic E-state index is 12.6. The van der Waals surface area contributed by atoms with Gasteiger partial charge in [0.25, 0.3) is 0 Å². The number of nitrogens with one attached hydrogen (secondary N) is 2. The molecule has 2 fully saturated rings. The van der Waals surface area contributed by atoms with Gasteiger partial charge in [0, 0.05) is 37.0 Å². The molecular formula is C20H35N3O4. The number of carbonyl (C=O) groups is 3. The predicted octanol–water partition coefficient (Wildman–Crippen LogP) is 2.44. The minimum atomic E-state index is -0.267. The fourth-order valence-electron chi connectivity index (χ4n) is 3.82. The molecule has 1 aliphatic heterocycles. The number of hydrogen-bond donors (Lipinski definition) is 2. The Labute approximate surface area is 162 Å². The third-order valence-corrected chi connectivity index (χ3v) is 5.84. The summed E-state index contributed by atoms with van der Waals surface area (Å²) in [6, 6.07) is 0.327. The average molecular weight is 382 g/mol. The van der Waals surface area contributed by atoms with E-state index in [-0.39, 0.29) is 41.8 Å². The van der Waals surface area contributed by atoms with Crippen molar-refractivity contribution in [3.63, 3.8) is 0 Å². The molecule has 2 rings (SSSR count). The highest BCUT2D eigenvalue weighted by Gasteiger charge is 2.32. The highest BCUT2D eigenvalue weighted by Crippen LogP contribution is 2.29. The van der Waals surface area contributed by atoms with Crippen molar-refractivity contribution in [2.24, 2.45) is 11.8 Å². The van der Waals surface area contributed by atoms with Gasteiger partial charge in [0.2, 0.25) is 11.8 Å². The van der Waals surface area contributed by atoms with E-state index in [1.165, 1.54) is 0 Å². The Morgan fingerprint density at radius 1 is 0.963 bits per heavy atom. The van der Waals surface area contributed by atoms with Crippen molar-refractivity contribution in [2.45, 2.75) is 77.8 Å². The molecular weight excluding hydrogens is 346 g/mol. The van der Waals surface area contributed by atoms with E-state index in [1.807, 2.05) is 6.92 Å². The quantitative estimate of drug-likeness (QED) is 0.740. The van der Waals surface area contributed by atoms with Crippen LogP contribution in [0.25, 0.3) is 0 Å². The topological polar surface area (TPSA) is 87.7 Å². The molecule has 0 radical (unpaired) electrons. The Morgan fingerprint density at radius 3 is 2.04 bits per heavy atom. The lowest BCUT2D eigenvalue weighted by atomic mass is 9.81. The van der Waals surface area contributed by atoms with Crippen LogP contribution < -0.4 is 10.6 Å². The second-order valence-corrected chi connectivity index (χ2v) is 7.84. The van der Waals surface area contributed by atoms with E-state index in [0.29, 0.717) is 19.7 Å². The minimum Gasteiger partial charge on any atom is -0.450 e. The fourth-order valence-corrected chi connectivity index (χ4v) is 3.82. The zero-order valence-electron chi connectivity index (χ0n) is 17.0. The highest BCUT2D eigenvalue weighted by molar-refractivity contribution is 5.81. The molecule has 1 unspecified atom stereocenters. The van der Waals surface area contributed by atoms with Gasteiger partial charge in [0.05, 0.1) is 6.61 Å². The van der Waals surface area contributed by atoms with Gasteiger partial charge in [-0.3, -0.25) is 9.59 Å². The van der Waals surface area contributed by atoms with Gasteiger partial charge in [0.1, 0.15) is 0 Å². The van der Waals surface area contributed by atoms with Crippen molar-refractivity contribution in [1.82, 2.24) is 15.5 Å². The minimum absolute atomic E-state index is 0.000680. The second-order valence-electron chi connectivity index (χ2n) is 7.84. The lowest BCUT2D eigenvalue weighted by Crippen LogP contribution is -2.48. The predicted molar refractivity (Wildman–Crippen MR) is 103 cm³/mol. The summed E-state index contributed by atoms with van der Waals surface area (Å²) in [7, 11) is 0. The zero-order valence-corrected chi connectivity index (χ0v) is 17.0. The molecule has 7 nitrogen and oxygen atoms in total. The summed E-state index contributed by atoms with van der Waals surface area (Å²) in [6.45, 7) is 7.49. The van der Waals surface area contributed by atoms with Crippen molar-refractivity contribution >= 4 is 17.9 Å². The Kier molecular flexibility index (Phi) is 8.38. The summed E-state index contributed by atoms with van der Waals surface area (Å²) in [5, 5.41) is 6.20. The summed E-state index contributed by atoms with van der Waals surface area (Å²) >= 11 is 0. The van der Waals surface area contributed by atoms with Crippen LogP contribution in [0.1, 0.15) is 65.7 Å². The Hall–Kier alpha value is -1.79. The first-order valence-corrected chi connectivity index (χ1v) is 10.5. The van der Waals surface area contributed by atoms with Crippen LogP contribution in [-0.4, -0.2) is 54.6 Å². The van der Waals surface area contributed by atoms with Crippen LogP contribution in [0.2, 0.25) is 0 Å². The van der Waals surface area contributed by atoms with E-state index >= 15 is 0 Å². The number of likely N-dealkylation sites (tertiary alicyclic amines) is 1. The summed E-state index contributed by atoms with van der Waals surface area (Å²) in [5.74, 6) is 0.275. The Morgan fingerprint density at radius 2 is 1.52 bits per heavy atom. The number of carbonyl (C=O) groups excluding carboxylic acids is 3. The van der Waals surface area contributed by atoms with E-state index in [4.69, 9.17) is 4.74 Å². The molecule has 0 aromatic carbocycles. The first-order valence-electron chi connectivity index (χ1n) is 10.5. The molecule has 0 aromatic rings. The molecule has 0 bridgehead atoms. The van der Waals surface area contributed by atoms with Crippen LogP contribution in [-0.2, 0) is 14.3 Å². The number of piperidine rings is 1. The van der Waals surface area contributed by atoms with Gasteiger partial charge in [-0.2, -0.15) is 0 Å². The Balaban J connectivity index is 1.69. The molecule has 154 valence electrons. The third-order valence-electron chi connectivity index (χ3n) is 5.84. The van der Waals surface area contributed by atoms with Crippen LogP contribution in [0.4, 0.5) is 4.79 Å². The first-order chi connectivity index (χ1) is 12.9. The average Bonchev–Trinajstić information content (AvgIpc) is 2.68. The summed E-state index contributed by atoms with van der Waals surface area (Å²) < 4.78 is 5.02. The zero-order chi connectivity index (χ0) is 19.8. The molecule has 2 aliphatic rings. The molecule has 1 heterocycles. The molecule has 0 aromatic heterocycles. The molecule has 1 saturated carbocycles. The van der Waals surface area contributed by atoms with Crippen molar-refractivity contribution in [1.29, 1.82) is 0 Å². The normalized spacial score (nSPS) is 24.8. The monoisotopic (exact) mass is 381 g/mol. The van der Waals surface area contributed by atoms with Gasteiger partial charge in [0.15, 0.2) is 0 Å². The van der Waals surface area contributed by atoms with E-state index in [9.17, 15) is 14.4 Å². The molecule has 1 aliphatic carbocycles. The SMILES string of the molecule is CCOC(=O)N1CCC(NC(=O)C2CCC(C(=O)NC(C)CC)CC2)CC1. The van der Waals surface area contributed by atoms with E-state index in [1.54, 1.807) is 11.8 Å². The number of nitrogens with zero attached hydrogens (tertiary/aromatic N) is 1. The van der Waals surface area contributed by atoms with E-state index < -0.39 is 0 Å². The Bertz CT molecular complexity index is 509. The summed E-state index contributed by atoms with van der Waals surface area (Å²) in [6.07, 6.45) is 5.28. The largest absolute Gasteiger partial charge is 0.450 e. The third kappa shape index (κ3) is 6.40.